The molecule has 4 rings (SSSR count). The molecule has 8 nitrogen and oxygen atoms in total. The summed E-state index contributed by atoms with van der Waals surface area (Å²) in [5.41, 5.74) is 1.08. The van der Waals surface area contributed by atoms with Gasteiger partial charge in [-0.1, -0.05) is 35.1 Å². The van der Waals surface area contributed by atoms with E-state index in [4.69, 9.17) is 21.1 Å². The molecule has 0 radical (unpaired) electrons. The second-order valence-corrected chi connectivity index (χ2v) is 9.00. The Morgan fingerprint density at radius 3 is 2.54 bits per heavy atom. The van der Waals surface area contributed by atoms with E-state index in [0.29, 0.717) is 27.6 Å². The van der Waals surface area contributed by atoms with Gasteiger partial charge in [-0.25, -0.2) is 9.78 Å². The van der Waals surface area contributed by atoms with Crippen LogP contribution < -0.4 is 9.64 Å². The molecule has 1 N–H and O–H groups in total. The molecule has 1 amide bonds. The van der Waals surface area contributed by atoms with Crippen LogP contribution in [-0.4, -0.2) is 41.5 Å². The first-order chi connectivity index (χ1) is 16.8. The Balaban J connectivity index is 1.90. The number of benzene rings is 2. The van der Waals surface area contributed by atoms with Crippen LogP contribution >= 0.6 is 22.9 Å². The number of ether oxygens (including phenoxy) is 2. The van der Waals surface area contributed by atoms with Gasteiger partial charge in [-0.3, -0.25) is 14.5 Å². The third-order valence-electron chi connectivity index (χ3n) is 5.42. The topological polar surface area (TPSA) is 106 Å². The number of methoxy groups -OCH3 is 1. The fraction of sp³-hybridized carbons (Fsp3) is 0.200. The van der Waals surface area contributed by atoms with E-state index in [2.05, 4.69) is 4.98 Å². The Hall–Kier alpha value is -3.69. The quantitative estimate of drug-likeness (QED) is 0.216. The first-order valence-corrected chi connectivity index (χ1v) is 11.8. The zero-order chi connectivity index (χ0) is 25.3. The summed E-state index contributed by atoms with van der Waals surface area (Å²) < 4.78 is 10.2. The summed E-state index contributed by atoms with van der Waals surface area (Å²) in [5.74, 6) is -2.11. The Kier molecular flexibility index (Phi) is 6.90. The molecule has 1 saturated heterocycles. The lowest BCUT2D eigenvalue weighted by atomic mass is 9.95. The number of carbonyl (C=O) groups is 3. The van der Waals surface area contributed by atoms with Crippen molar-refractivity contribution in [1.29, 1.82) is 0 Å². The van der Waals surface area contributed by atoms with E-state index in [1.165, 1.54) is 12.0 Å². The van der Waals surface area contributed by atoms with Crippen LogP contribution in [0.1, 0.15) is 39.5 Å². The molecule has 2 aromatic carbocycles. The molecular weight excluding hydrogens is 492 g/mol. The van der Waals surface area contributed by atoms with Gasteiger partial charge in [0.15, 0.2) is 5.13 Å². The predicted octanol–water partition coefficient (Wildman–Crippen LogP) is 4.92. The molecule has 2 heterocycles. The number of ketones is 1. The van der Waals surface area contributed by atoms with Crippen LogP contribution in [0.4, 0.5) is 5.13 Å². The van der Waals surface area contributed by atoms with E-state index in [1.807, 2.05) is 0 Å². The number of anilines is 1. The van der Waals surface area contributed by atoms with Crippen LogP contribution in [-0.2, 0) is 14.3 Å². The van der Waals surface area contributed by atoms with Crippen molar-refractivity contribution >= 4 is 51.5 Å². The van der Waals surface area contributed by atoms with E-state index >= 15 is 0 Å². The fourth-order valence-corrected chi connectivity index (χ4v) is 4.98. The second-order valence-electron chi connectivity index (χ2n) is 7.58. The molecule has 1 unspecified atom stereocenters. The van der Waals surface area contributed by atoms with Gasteiger partial charge in [-0.2, -0.15) is 0 Å². The lowest BCUT2D eigenvalue weighted by molar-refractivity contribution is -0.132. The number of nitrogens with zero attached hydrogens (tertiary/aromatic N) is 2. The van der Waals surface area contributed by atoms with E-state index < -0.39 is 23.7 Å². The lowest BCUT2D eigenvalue weighted by Crippen LogP contribution is -2.29. The Morgan fingerprint density at radius 1 is 1.20 bits per heavy atom. The summed E-state index contributed by atoms with van der Waals surface area (Å²) in [6, 6.07) is 12.1. The SMILES string of the molecule is CCOC(=O)c1sc(N2C(=O)C(=O)/C(=C(/O)c3ccc(OC)cc3)C2c2cccc(Cl)c2)nc1C. The number of carbonyl (C=O) groups excluding carboxylic acids is 3. The molecule has 3 aromatic rings. The number of aromatic nitrogens is 1. The Morgan fingerprint density at radius 2 is 1.91 bits per heavy atom. The van der Waals surface area contributed by atoms with Crippen LogP contribution in [0, 0.1) is 6.92 Å². The zero-order valence-electron chi connectivity index (χ0n) is 19.1. The van der Waals surface area contributed by atoms with Crippen LogP contribution in [0.25, 0.3) is 5.76 Å². The first kappa shape index (κ1) is 24.4. The number of rotatable bonds is 6. The summed E-state index contributed by atoms with van der Waals surface area (Å²) in [5, 5.41) is 11.7. The van der Waals surface area contributed by atoms with Gasteiger partial charge >= 0.3 is 11.9 Å². The van der Waals surface area contributed by atoms with Crippen LogP contribution in [0.2, 0.25) is 5.02 Å². The smallest absolute Gasteiger partial charge is 0.350 e. The molecule has 0 saturated carbocycles. The largest absolute Gasteiger partial charge is 0.507 e. The lowest BCUT2D eigenvalue weighted by Gasteiger charge is -2.23. The van der Waals surface area contributed by atoms with Gasteiger partial charge in [0.1, 0.15) is 16.4 Å². The molecule has 180 valence electrons. The van der Waals surface area contributed by atoms with Gasteiger partial charge in [-0.05, 0) is 55.8 Å². The zero-order valence-corrected chi connectivity index (χ0v) is 20.6. The number of hydrogen-bond donors (Lipinski definition) is 1. The van der Waals surface area contributed by atoms with Gasteiger partial charge in [0.05, 0.1) is 31.0 Å². The summed E-state index contributed by atoms with van der Waals surface area (Å²) in [4.78, 5) is 44.6. The number of esters is 1. The molecule has 1 aliphatic rings. The highest BCUT2D eigenvalue weighted by atomic mass is 35.5. The minimum absolute atomic E-state index is 0.118. The minimum Gasteiger partial charge on any atom is -0.507 e. The fourth-order valence-electron chi connectivity index (χ4n) is 3.80. The molecule has 1 aliphatic heterocycles. The third-order valence-corrected chi connectivity index (χ3v) is 6.80. The maximum Gasteiger partial charge on any atom is 0.350 e. The van der Waals surface area contributed by atoms with Gasteiger partial charge in [0.25, 0.3) is 5.78 Å². The van der Waals surface area contributed by atoms with E-state index in [9.17, 15) is 19.5 Å². The van der Waals surface area contributed by atoms with Crippen molar-refractivity contribution in [3.63, 3.8) is 0 Å². The maximum atomic E-state index is 13.3. The number of aliphatic hydroxyl groups is 1. The van der Waals surface area contributed by atoms with Crippen LogP contribution in [0.3, 0.4) is 0 Å². The summed E-state index contributed by atoms with van der Waals surface area (Å²) in [6.07, 6.45) is 0. The van der Waals surface area contributed by atoms with Gasteiger partial charge < -0.3 is 14.6 Å². The minimum atomic E-state index is -1.02. The molecule has 0 aliphatic carbocycles. The molecule has 0 spiro atoms. The molecule has 35 heavy (non-hydrogen) atoms. The van der Waals surface area contributed by atoms with Gasteiger partial charge in [-0.15, -0.1) is 0 Å². The number of aliphatic hydroxyl groups excluding tert-OH is 1. The molecule has 1 fully saturated rings. The van der Waals surface area contributed by atoms with Gasteiger partial charge in [0, 0.05) is 10.6 Å². The van der Waals surface area contributed by atoms with Crippen molar-refractivity contribution in [2.75, 3.05) is 18.6 Å². The van der Waals surface area contributed by atoms with Gasteiger partial charge in [0.2, 0.25) is 0 Å². The van der Waals surface area contributed by atoms with E-state index in [-0.39, 0.29) is 27.9 Å². The van der Waals surface area contributed by atoms with Crippen LogP contribution in [0.5, 0.6) is 5.75 Å². The number of hydrogen-bond acceptors (Lipinski definition) is 8. The number of Topliss-reactive ketones (excluding diaryl/α,β-unsaturated/α-hetero) is 1. The monoisotopic (exact) mass is 512 g/mol. The number of halogens is 1. The predicted molar refractivity (Wildman–Crippen MR) is 132 cm³/mol. The number of amides is 1. The van der Waals surface area contributed by atoms with Crippen LogP contribution in [0.15, 0.2) is 54.1 Å². The first-order valence-electron chi connectivity index (χ1n) is 10.6. The number of thiazole rings is 1. The molecule has 10 heteroatoms. The summed E-state index contributed by atoms with van der Waals surface area (Å²) in [7, 11) is 1.51. The van der Waals surface area contributed by atoms with E-state index in [0.717, 1.165) is 11.3 Å². The third kappa shape index (κ3) is 4.52. The second kappa shape index (κ2) is 9.89. The molecular formula is C25H21ClN2O6S. The van der Waals surface area contributed by atoms with Crippen molar-refractivity contribution in [2.45, 2.75) is 19.9 Å². The molecule has 1 atom stereocenters. The van der Waals surface area contributed by atoms with E-state index in [1.54, 1.807) is 62.4 Å². The highest BCUT2D eigenvalue weighted by Gasteiger charge is 2.48. The Labute approximate surface area is 210 Å². The highest BCUT2D eigenvalue weighted by Crippen LogP contribution is 2.44. The van der Waals surface area contributed by atoms with Crippen molar-refractivity contribution in [2.24, 2.45) is 0 Å². The van der Waals surface area contributed by atoms with Crippen molar-refractivity contribution < 1.29 is 29.0 Å². The standard InChI is InChI=1S/C25H21ClN2O6S/c1-4-34-24(32)22-13(2)27-25(35-22)28-19(15-6-5-7-16(26)12-15)18(21(30)23(28)31)20(29)14-8-10-17(33-3)11-9-14/h5-12,19,29H,4H2,1-3H3/b20-18+. The average molecular weight is 513 g/mol. The summed E-state index contributed by atoms with van der Waals surface area (Å²) >= 11 is 7.16. The normalized spacial score (nSPS) is 17.0. The molecule has 0 bridgehead atoms. The van der Waals surface area contributed by atoms with Crippen molar-refractivity contribution in [3.8, 4) is 5.75 Å². The van der Waals surface area contributed by atoms with Crippen molar-refractivity contribution in [1.82, 2.24) is 4.98 Å². The Bertz CT molecular complexity index is 1350. The molecule has 1 aromatic heterocycles. The maximum absolute atomic E-state index is 13.3. The summed E-state index contributed by atoms with van der Waals surface area (Å²) in [6.45, 7) is 3.49. The average Bonchev–Trinajstić information content (AvgIpc) is 3.35. The highest BCUT2D eigenvalue weighted by molar-refractivity contribution is 7.17. The number of aryl methyl sites for hydroxylation is 1. The van der Waals surface area contributed by atoms with Crippen molar-refractivity contribution in [3.05, 3.63) is 80.8 Å².